The van der Waals surface area contributed by atoms with Crippen LogP contribution in [0, 0.1) is 13.8 Å². The molecule has 1 amide bonds. The van der Waals surface area contributed by atoms with Gasteiger partial charge < -0.3 is 24.8 Å². The standard InChI is InChI=1S/C20H33N5O2/c1-16-6-7-17(2)18(14-16)24-9-11-25(12-10-24)20(21-8-13-27-5)22-15-19(26)23(3)4/h6-7,14H,8-13,15H2,1-5H3,(H,21,22). The lowest BCUT2D eigenvalue weighted by atomic mass is 10.1. The SMILES string of the molecule is COCCNC(=NCC(=O)N(C)C)N1CCN(c2cc(C)ccc2C)CC1. The van der Waals surface area contributed by atoms with Gasteiger partial charge in [0.2, 0.25) is 5.91 Å². The second-order valence-electron chi connectivity index (χ2n) is 7.11. The molecule has 150 valence electrons. The minimum atomic E-state index is -0.00457. The minimum Gasteiger partial charge on any atom is -0.383 e. The molecule has 1 saturated heterocycles. The average molecular weight is 376 g/mol. The first kappa shape index (κ1) is 21.0. The summed E-state index contributed by atoms with van der Waals surface area (Å²) in [6.45, 7) is 9.29. The van der Waals surface area contributed by atoms with Crippen molar-refractivity contribution in [3.05, 3.63) is 29.3 Å². The smallest absolute Gasteiger partial charge is 0.243 e. The third-order valence-electron chi connectivity index (χ3n) is 4.74. The van der Waals surface area contributed by atoms with E-state index >= 15 is 0 Å². The third kappa shape index (κ3) is 6.13. The van der Waals surface area contributed by atoms with Crippen molar-refractivity contribution in [1.29, 1.82) is 0 Å². The van der Waals surface area contributed by atoms with E-state index in [9.17, 15) is 4.79 Å². The lowest BCUT2D eigenvalue weighted by Gasteiger charge is -2.38. The van der Waals surface area contributed by atoms with E-state index in [0.717, 1.165) is 32.1 Å². The normalized spacial score (nSPS) is 15.1. The van der Waals surface area contributed by atoms with Gasteiger partial charge in [-0.1, -0.05) is 12.1 Å². The van der Waals surface area contributed by atoms with E-state index in [1.807, 2.05) is 0 Å². The maximum atomic E-state index is 11.9. The summed E-state index contributed by atoms with van der Waals surface area (Å²) in [5, 5.41) is 3.32. The molecule has 0 aliphatic carbocycles. The number of benzene rings is 1. The molecule has 1 fully saturated rings. The summed E-state index contributed by atoms with van der Waals surface area (Å²) < 4.78 is 5.12. The number of carbonyl (C=O) groups excluding carboxylic acids is 1. The molecule has 7 nitrogen and oxygen atoms in total. The van der Waals surface area contributed by atoms with Gasteiger partial charge in [0, 0.05) is 59.6 Å². The van der Waals surface area contributed by atoms with E-state index in [-0.39, 0.29) is 12.5 Å². The summed E-state index contributed by atoms with van der Waals surface area (Å²) in [4.78, 5) is 22.7. The van der Waals surface area contributed by atoms with Crippen LogP contribution in [0.4, 0.5) is 5.69 Å². The fourth-order valence-electron chi connectivity index (χ4n) is 3.04. The molecule has 0 bridgehead atoms. The maximum Gasteiger partial charge on any atom is 0.243 e. The van der Waals surface area contributed by atoms with Crippen LogP contribution in [0.2, 0.25) is 0 Å². The Morgan fingerprint density at radius 2 is 1.93 bits per heavy atom. The summed E-state index contributed by atoms with van der Waals surface area (Å²) in [6.07, 6.45) is 0. The van der Waals surface area contributed by atoms with E-state index in [2.05, 4.69) is 52.2 Å². The van der Waals surface area contributed by atoms with Crippen LogP contribution < -0.4 is 10.2 Å². The van der Waals surface area contributed by atoms with Gasteiger partial charge in [0.15, 0.2) is 5.96 Å². The van der Waals surface area contributed by atoms with Crippen LogP contribution in [-0.4, -0.2) is 88.7 Å². The first-order valence-corrected chi connectivity index (χ1v) is 9.47. The topological polar surface area (TPSA) is 60.4 Å². The van der Waals surface area contributed by atoms with Crippen LogP contribution in [0.3, 0.4) is 0 Å². The van der Waals surface area contributed by atoms with Crippen LogP contribution in [-0.2, 0) is 9.53 Å². The zero-order valence-electron chi connectivity index (χ0n) is 17.3. The second kappa shape index (κ2) is 10.2. The van der Waals surface area contributed by atoms with E-state index in [1.165, 1.54) is 16.8 Å². The van der Waals surface area contributed by atoms with Gasteiger partial charge in [-0.2, -0.15) is 0 Å². The molecule has 0 spiro atoms. The number of guanidine groups is 1. The Bertz CT molecular complexity index is 652. The van der Waals surface area contributed by atoms with Gasteiger partial charge in [-0.3, -0.25) is 4.79 Å². The summed E-state index contributed by atoms with van der Waals surface area (Å²) >= 11 is 0. The first-order valence-electron chi connectivity index (χ1n) is 9.47. The number of nitrogens with one attached hydrogen (secondary N) is 1. The molecule has 0 atom stereocenters. The Balaban J connectivity index is 2.02. The number of carbonyl (C=O) groups is 1. The predicted octanol–water partition coefficient (Wildman–Crippen LogP) is 1.11. The van der Waals surface area contributed by atoms with Gasteiger partial charge in [0.05, 0.1) is 6.61 Å². The zero-order chi connectivity index (χ0) is 19.8. The fourth-order valence-corrected chi connectivity index (χ4v) is 3.04. The molecular weight excluding hydrogens is 342 g/mol. The number of likely N-dealkylation sites (N-methyl/N-ethyl adjacent to an activating group) is 1. The van der Waals surface area contributed by atoms with Crippen molar-refractivity contribution < 1.29 is 9.53 Å². The van der Waals surface area contributed by atoms with Crippen LogP contribution >= 0.6 is 0 Å². The van der Waals surface area contributed by atoms with Crippen molar-refractivity contribution in [3.63, 3.8) is 0 Å². The zero-order valence-corrected chi connectivity index (χ0v) is 17.3. The number of piperazine rings is 1. The molecule has 1 aromatic carbocycles. The molecule has 0 radical (unpaired) electrons. The molecule has 0 saturated carbocycles. The highest BCUT2D eigenvalue weighted by Gasteiger charge is 2.21. The maximum absolute atomic E-state index is 11.9. The predicted molar refractivity (Wildman–Crippen MR) is 111 cm³/mol. The minimum absolute atomic E-state index is 0.00457. The molecule has 7 heteroatoms. The highest BCUT2D eigenvalue weighted by atomic mass is 16.5. The summed E-state index contributed by atoms with van der Waals surface area (Å²) in [5.41, 5.74) is 3.89. The molecule has 1 heterocycles. The molecule has 27 heavy (non-hydrogen) atoms. The number of aryl methyl sites for hydroxylation is 2. The van der Waals surface area contributed by atoms with Crippen molar-refractivity contribution in [2.24, 2.45) is 4.99 Å². The number of anilines is 1. The van der Waals surface area contributed by atoms with Crippen molar-refractivity contribution in [1.82, 2.24) is 15.1 Å². The van der Waals surface area contributed by atoms with Gasteiger partial charge in [0.25, 0.3) is 0 Å². The van der Waals surface area contributed by atoms with Crippen LogP contribution in [0.5, 0.6) is 0 Å². The molecule has 2 rings (SSSR count). The van der Waals surface area contributed by atoms with Crippen molar-refractivity contribution in [3.8, 4) is 0 Å². The molecule has 1 aliphatic rings. The number of hydrogen-bond donors (Lipinski definition) is 1. The van der Waals surface area contributed by atoms with E-state index in [0.29, 0.717) is 13.2 Å². The lowest BCUT2D eigenvalue weighted by molar-refractivity contribution is -0.127. The van der Waals surface area contributed by atoms with Gasteiger partial charge in [-0.15, -0.1) is 0 Å². The van der Waals surface area contributed by atoms with Crippen molar-refractivity contribution in [2.75, 3.05) is 72.0 Å². The molecule has 1 N–H and O–H groups in total. The Hall–Kier alpha value is -2.28. The summed E-state index contributed by atoms with van der Waals surface area (Å²) in [7, 11) is 5.18. The van der Waals surface area contributed by atoms with Crippen LogP contribution in [0.1, 0.15) is 11.1 Å². The van der Waals surface area contributed by atoms with E-state index < -0.39 is 0 Å². The van der Waals surface area contributed by atoms with Crippen molar-refractivity contribution >= 4 is 17.6 Å². The van der Waals surface area contributed by atoms with Gasteiger partial charge in [-0.05, 0) is 31.0 Å². The number of nitrogens with zero attached hydrogens (tertiary/aromatic N) is 4. The quantitative estimate of drug-likeness (QED) is 0.458. The second-order valence-corrected chi connectivity index (χ2v) is 7.11. The summed E-state index contributed by atoms with van der Waals surface area (Å²) in [5.74, 6) is 0.776. The summed E-state index contributed by atoms with van der Waals surface area (Å²) in [6, 6.07) is 6.59. The number of amides is 1. The number of aliphatic imine (C=N–C) groups is 1. The van der Waals surface area contributed by atoms with Gasteiger partial charge >= 0.3 is 0 Å². The molecule has 1 aromatic rings. The van der Waals surface area contributed by atoms with Crippen molar-refractivity contribution in [2.45, 2.75) is 13.8 Å². The van der Waals surface area contributed by atoms with E-state index in [1.54, 1.807) is 26.1 Å². The highest BCUT2D eigenvalue weighted by molar-refractivity contribution is 5.85. The monoisotopic (exact) mass is 375 g/mol. The number of methoxy groups -OCH3 is 1. The highest BCUT2D eigenvalue weighted by Crippen LogP contribution is 2.22. The third-order valence-corrected chi connectivity index (χ3v) is 4.74. The number of rotatable bonds is 6. The Labute approximate surface area is 163 Å². The molecule has 0 unspecified atom stereocenters. The largest absolute Gasteiger partial charge is 0.383 e. The number of hydrogen-bond acceptors (Lipinski definition) is 4. The van der Waals surface area contributed by atoms with Gasteiger partial charge in [0.1, 0.15) is 6.54 Å². The Morgan fingerprint density at radius 3 is 2.56 bits per heavy atom. The molecule has 1 aliphatic heterocycles. The fraction of sp³-hybridized carbons (Fsp3) is 0.600. The average Bonchev–Trinajstić information content (AvgIpc) is 2.66. The molecule has 0 aromatic heterocycles. The van der Waals surface area contributed by atoms with E-state index in [4.69, 9.17) is 4.74 Å². The van der Waals surface area contributed by atoms with Crippen LogP contribution in [0.25, 0.3) is 0 Å². The van der Waals surface area contributed by atoms with Crippen LogP contribution in [0.15, 0.2) is 23.2 Å². The lowest BCUT2D eigenvalue weighted by Crippen LogP contribution is -2.53. The van der Waals surface area contributed by atoms with Gasteiger partial charge in [-0.25, -0.2) is 4.99 Å². The molecular formula is C20H33N5O2. The first-order chi connectivity index (χ1) is 12.9. The number of ether oxygens (including phenoxy) is 1. The Kier molecular flexibility index (Phi) is 7.91. The Morgan fingerprint density at radius 1 is 1.22 bits per heavy atom.